The molecule has 4 heteroatoms. The Labute approximate surface area is 73.7 Å². The van der Waals surface area contributed by atoms with E-state index in [4.69, 9.17) is 4.74 Å². The van der Waals surface area contributed by atoms with Gasteiger partial charge in [-0.3, -0.25) is 0 Å². The first-order chi connectivity index (χ1) is 5.81. The van der Waals surface area contributed by atoms with Gasteiger partial charge in [-0.1, -0.05) is 6.92 Å². The Balaban J connectivity index is 3.08. The number of hydrogen-bond donors (Lipinski definition) is 2. The molecule has 0 saturated heterocycles. The molecule has 0 atom stereocenters. The molecule has 0 aromatic rings. The standard InChI is InChI=1S/C8H18N2O2/c1-3-7-12-8(11)10-6-4-5-9-2/h9H,3-7H2,1-2H3,(H,10,11). The molecule has 0 aromatic carbocycles. The molecule has 72 valence electrons. The lowest BCUT2D eigenvalue weighted by atomic mass is 10.4. The van der Waals surface area contributed by atoms with E-state index in [0.717, 1.165) is 19.4 Å². The molecule has 0 aromatic heterocycles. The molecule has 0 unspecified atom stereocenters. The summed E-state index contributed by atoms with van der Waals surface area (Å²) in [5.41, 5.74) is 0. The van der Waals surface area contributed by atoms with Gasteiger partial charge in [0.05, 0.1) is 6.61 Å². The second-order valence-electron chi connectivity index (χ2n) is 2.52. The van der Waals surface area contributed by atoms with Crippen LogP contribution in [-0.4, -0.2) is 32.8 Å². The second kappa shape index (κ2) is 8.33. The first-order valence-electron chi connectivity index (χ1n) is 4.36. The maximum atomic E-state index is 10.8. The Morgan fingerprint density at radius 3 is 2.75 bits per heavy atom. The van der Waals surface area contributed by atoms with Gasteiger partial charge in [0, 0.05) is 6.54 Å². The monoisotopic (exact) mass is 174 g/mol. The van der Waals surface area contributed by atoms with E-state index >= 15 is 0 Å². The number of alkyl carbamates (subject to hydrolysis) is 1. The topological polar surface area (TPSA) is 50.4 Å². The molecule has 4 nitrogen and oxygen atoms in total. The van der Waals surface area contributed by atoms with Crippen LogP contribution < -0.4 is 10.6 Å². The van der Waals surface area contributed by atoms with E-state index in [1.165, 1.54) is 0 Å². The minimum atomic E-state index is -0.312. The Hall–Kier alpha value is -0.770. The molecule has 0 rings (SSSR count). The van der Waals surface area contributed by atoms with Crippen molar-refractivity contribution in [1.29, 1.82) is 0 Å². The highest BCUT2D eigenvalue weighted by Crippen LogP contribution is 1.82. The van der Waals surface area contributed by atoms with Crippen molar-refractivity contribution < 1.29 is 9.53 Å². The summed E-state index contributed by atoms with van der Waals surface area (Å²) < 4.78 is 4.80. The average molecular weight is 174 g/mol. The fourth-order valence-electron chi connectivity index (χ4n) is 0.701. The summed E-state index contributed by atoms with van der Waals surface area (Å²) >= 11 is 0. The Morgan fingerprint density at radius 2 is 2.17 bits per heavy atom. The quantitative estimate of drug-likeness (QED) is 0.584. The molecular weight excluding hydrogens is 156 g/mol. The van der Waals surface area contributed by atoms with Crippen LogP contribution in [0.5, 0.6) is 0 Å². The smallest absolute Gasteiger partial charge is 0.407 e. The van der Waals surface area contributed by atoms with Crippen LogP contribution in [0.1, 0.15) is 19.8 Å². The van der Waals surface area contributed by atoms with Gasteiger partial charge in [0.15, 0.2) is 0 Å². The van der Waals surface area contributed by atoms with Crippen LogP contribution in [0.3, 0.4) is 0 Å². The minimum Gasteiger partial charge on any atom is -0.450 e. The summed E-state index contributed by atoms with van der Waals surface area (Å²) in [5.74, 6) is 0. The van der Waals surface area contributed by atoms with Crippen molar-refractivity contribution in [2.75, 3.05) is 26.7 Å². The summed E-state index contributed by atoms with van der Waals surface area (Å²) in [6, 6.07) is 0. The molecule has 2 N–H and O–H groups in total. The summed E-state index contributed by atoms with van der Waals surface area (Å²) in [6.07, 6.45) is 1.48. The van der Waals surface area contributed by atoms with Crippen molar-refractivity contribution in [1.82, 2.24) is 10.6 Å². The number of rotatable bonds is 6. The molecule has 1 amide bonds. The lowest BCUT2D eigenvalue weighted by Crippen LogP contribution is -2.27. The van der Waals surface area contributed by atoms with Crippen molar-refractivity contribution in [3.63, 3.8) is 0 Å². The largest absolute Gasteiger partial charge is 0.450 e. The molecule has 0 saturated carbocycles. The zero-order chi connectivity index (χ0) is 9.23. The van der Waals surface area contributed by atoms with Crippen LogP contribution in [0.4, 0.5) is 4.79 Å². The third-order valence-electron chi connectivity index (χ3n) is 1.31. The number of ether oxygens (including phenoxy) is 1. The van der Waals surface area contributed by atoms with E-state index in [1.54, 1.807) is 0 Å². The van der Waals surface area contributed by atoms with Gasteiger partial charge in [-0.15, -0.1) is 0 Å². The predicted octanol–water partition coefficient (Wildman–Crippen LogP) is 0.732. The molecule has 0 heterocycles. The number of hydrogen-bond acceptors (Lipinski definition) is 3. The Bertz CT molecular complexity index is 118. The lowest BCUT2D eigenvalue weighted by Gasteiger charge is -2.04. The number of nitrogens with one attached hydrogen (secondary N) is 2. The lowest BCUT2D eigenvalue weighted by molar-refractivity contribution is 0.146. The number of carbonyl (C=O) groups excluding carboxylic acids is 1. The molecule has 0 spiro atoms. The second-order valence-corrected chi connectivity index (χ2v) is 2.52. The molecule has 0 bridgehead atoms. The highest BCUT2D eigenvalue weighted by atomic mass is 16.5. The van der Waals surface area contributed by atoms with Gasteiger partial charge in [0.1, 0.15) is 0 Å². The molecule has 0 aliphatic heterocycles. The van der Waals surface area contributed by atoms with Gasteiger partial charge in [0.25, 0.3) is 0 Å². The summed E-state index contributed by atoms with van der Waals surface area (Å²) in [4.78, 5) is 10.8. The van der Waals surface area contributed by atoms with Gasteiger partial charge in [-0.05, 0) is 26.4 Å². The van der Waals surface area contributed by atoms with Crippen LogP contribution in [0.2, 0.25) is 0 Å². The van der Waals surface area contributed by atoms with Crippen molar-refractivity contribution in [3.8, 4) is 0 Å². The minimum absolute atomic E-state index is 0.312. The fourth-order valence-corrected chi connectivity index (χ4v) is 0.701. The third kappa shape index (κ3) is 7.34. The van der Waals surface area contributed by atoms with Crippen molar-refractivity contribution in [2.24, 2.45) is 0 Å². The van der Waals surface area contributed by atoms with E-state index in [2.05, 4.69) is 10.6 Å². The molecule has 0 aliphatic rings. The van der Waals surface area contributed by atoms with Gasteiger partial charge >= 0.3 is 6.09 Å². The number of carbonyl (C=O) groups is 1. The summed E-state index contributed by atoms with van der Waals surface area (Å²) in [7, 11) is 1.88. The maximum Gasteiger partial charge on any atom is 0.407 e. The summed E-state index contributed by atoms with van der Waals surface area (Å²) in [6.45, 7) is 4.05. The fraction of sp³-hybridized carbons (Fsp3) is 0.875. The molecule has 0 aliphatic carbocycles. The Kier molecular flexibility index (Phi) is 7.79. The summed E-state index contributed by atoms with van der Waals surface area (Å²) in [5, 5.41) is 5.64. The zero-order valence-electron chi connectivity index (χ0n) is 7.85. The van der Waals surface area contributed by atoms with Crippen LogP contribution in [0, 0.1) is 0 Å². The zero-order valence-corrected chi connectivity index (χ0v) is 7.85. The van der Waals surface area contributed by atoms with E-state index in [1.807, 2.05) is 14.0 Å². The van der Waals surface area contributed by atoms with Crippen LogP contribution >= 0.6 is 0 Å². The van der Waals surface area contributed by atoms with Gasteiger partial charge in [0.2, 0.25) is 0 Å². The predicted molar refractivity (Wildman–Crippen MR) is 48.2 cm³/mol. The van der Waals surface area contributed by atoms with E-state index in [-0.39, 0.29) is 6.09 Å². The van der Waals surface area contributed by atoms with Crippen LogP contribution in [0.25, 0.3) is 0 Å². The van der Waals surface area contributed by atoms with Gasteiger partial charge in [-0.25, -0.2) is 4.79 Å². The molecular formula is C8H18N2O2. The normalized spacial score (nSPS) is 9.50. The average Bonchev–Trinajstić information content (AvgIpc) is 2.09. The van der Waals surface area contributed by atoms with Crippen molar-refractivity contribution in [2.45, 2.75) is 19.8 Å². The highest BCUT2D eigenvalue weighted by molar-refractivity contribution is 5.66. The van der Waals surface area contributed by atoms with Crippen LogP contribution in [0.15, 0.2) is 0 Å². The van der Waals surface area contributed by atoms with E-state index in [0.29, 0.717) is 13.2 Å². The maximum absolute atomic E-state index is 10.8. The first kappa shape index (κ1) is 11.2. The number of amides is 1. The SMILES string of the molecule is CCCOC(=O)NCCCNC. The van der Waals surface area contributed by atoms with E-state index in [9.17, 15) is 4.79 Å². The van der Waals surface area contributed by atoms with Crippen LogP contribution in [-0.2, 0) is 4.74 Å². The van der Waals surface area contributed by atoms with Gasteiger partial charge in [-0.2, -0.15) is 0 Å². The first-order valence-corrected chi connectivity index (χ1v) is 4.36. The molecule has 0 radical (unpaired) electrons. The highest BCUT2D eigenvalue weighted by Gasteiger charge is 1.97. The van der Waals surface area contributed by atoms with Gasteiger partial charge < -0.3 is 15.4 Å². The molecule has 0 fully saturated rings. The van der Waals surface area contributed by atoms with Crippen molar-refractivity contribution in [3.05, 3.63) is 0 Å². The third-order valence-corrected chi connectivity index (χ3v) is 1.31. The Morgan fingerprint density at radius 1 is 1.42 bits per heavy atom. The molecule has 12 heavy (non-hydrogen) atoms. The van der Waals surface area contributed by atoms with E-state index < -0.39 is 0 Å². The van der Waals surface area contributed by atoms with Crippen molar-refractivity contribution >= 4 is 6.09 Å².